The molecule has 226 valence electrons. The van der Waals surface area contributed by atoms with Crippen LogP contribution >= 0.6 is 23.9 Å². The second-order valence-electron chi connectivity index (χ2n) is 9.86. The summed E-state index contributed by atoms with van der Waals surface area (Å²) in [5, 5.41) is 5.81. The van der Waals surface area contributed by atoms with Gasteiger partial charge in [0.1, 0.15) is 0 Å². The number of nitrogens with two attached hydrogens (primary N) is 1. The van der Waals surface area contributed by atoms with E-state index in [1.165, 1.54) is 56.3 Å². The van der Waals surface area contributed by atoms with Crippen molar-refractivity contribution in [2.24, 2.45) is 10.7 Å². The van der Waals surface area contributed by atoms with Gasteiger partial charge in [0.05, 0.1) is 29.4 Å². The van der Waals surface area contributed by atoms with Crippen molar-refractivity contribution in [3.05, 3.63) is 78.0 Å². The first kappa shape index (κ1) is 38.8. The molecule has 2 heterocycles. The normalized spacial score (nSPS) is 17.2. The molecule has 1 aromatic rings. The van der Waals surface area contributed by atoms with Gasteiger partial charge in [-0.25, -0.2) is 0 Å². The molecule has 0 unspecified atom stereocenters. The van der Waals surface area contributed by atoms with Gasteiger partial charge in [0.15, 0.2) is 0 Å². The molecule has 4 N–H and O–H groups in total. The summed E-state index contributed by atoms with van der Waals surface area (Å²) in [6, 6.07) is 1.63. The van der Waals surface area contributed by atoms with Gasteiger partial charge in [0.25, 0.3) is 5.91 Å². The molecule has 1 aromatic heterocycles. The topological polar surface area (TPSA) is 113 Å². The minimum absolute atomic E-state index is 0. The molecule has 2 amide bonds. The number of aliphatic imine (C=N–C) groups is 1. The number of aromatic nitrogens is 1. The Bertz CT molecular complexity index is 1200. The van der Waals surface area contributed by atoms with Gasteiger partial charge in [-0.1, -0.05) is 6.08 Å². The molecule has 12 heteroatoms. The van der Waals surface area contributed by atoms with Gasteiger partial charge in [-0.2, -0.15) is 15.6 Å². The van der Waals surface area contributed by atoms with Crippen molar-refractivity contribution >= 4 is 47.6 Å². The Morgan fingerprint density at radius 3 is 2.62 bits per heavy atom. The Kier molecular flexibility index (Phi) is 17.7. The first-order chi connectivity index (χ1) is 19.2. The monoisotopic (exact) mass is 640 g/mol. The summed E-state index contributed by atoms with van der Waals surface area (Å²) >= 11 is 1.45. The molecule has 1 spiro atoms. The molecule has 8 nitrogen and oxygen atoms in total. The van der Waals surface area contributed by atoms with E-state index in [0.717, 1.165) is 18.0 Å². The van der Waals surface area contributed by atoms with Gasteiger partial charge in [-0.05, 0) is 58.6 Å². The standard InChI is InChI=1S/C29H39FN6O2S2.CH3.K/c1-5-26(24(17-31)18-32-12-15-39-30)40-22(4)20(2)27(37)35-25-16-23(19-34-21(25)3)28(38)33-11-14-36-13-7-10-29(36)8-6-9-29;;/h5,16-19H,2,4,6-15,31H2,1,3H3,(H,33,38)(H,35,37);1H3;/q-2;-1;+1/b22-20-,24-17+,26-5-,32-18?;;. The molecule has 2 fully saturated rings. The second kappa shape index (κ2) is 19.2. The molecule has 1 aliphatic heterocycles. The number of nitrogens with zero attached hydrogens (tertiary/aromatic N) is 3. The number of hydrogen-bond donors (Lipinski definition) is 3. The number of hydrogen-bond acceptors (Lipinski definition) is 8. The molecule has 1 aliphatic carbocycles. The molecule has 0 atom stereocenters. The molecule has 3 rings (SSSR count). The van der Waals surface area contributed by atoms with Gasteiger partial charge < -0.3 is 28.6 Å². The minimum atomic E-state index is -0.456. The van der Waals surface area contributed by atoms with Crippen molar-refractivity contribution in [2.45, 2.75) is 51.5 Å². The number of pyridine rings is 1. The third-order valence-electron chi connectivity index (χ3n) is 7.39. The number of rotatable bonds is 13. The molecule has 0 aromatic carbocycles. The summed E-state index contributed by atoms with van der Waals surface area (Å²) < 4.78 is 12.2. The van der Waals surface area contributed by atoms with Crippen molar-refractivity contribution in [2.75, 3.05) is 37.2 Å². The van der Waals surface area contributed by atoms with Gasteiger partial charge >= 0.3 is 51.4 Å². The van der Waals surface area contributed by atoms with E-state index in [0.29, 0.717) is 46.1 Å². The largest absolute Gasteiger partial charge is 1.00 e. The fraction of sp³-hybridized carbons (Fsp3) is 0.433. The molecular formula is C30H42FKN6O2S2-2. The fourth-order valence-electron chi connectivity index (χ4n) is 4.93. The van der Waals surface area contributed by atoms with Crippen LogP contribution in [0.2, 0.25) is 0 Å². The maximum atomic E-state index is 13.0. The van der Waals surface area contributed by atoms with Crippen LogP contribution in [0.3, 0.4) is 0 Å². The first-order valence-corrected chi connectivity index (χ1v) is 15.1. The van der Waals surface area contributed by atoms with E-state index >= 15 is 0 Å². The van der Waals surface area contributed by atoms with Crippen molar-refractivity contribution in [3.63, 3.8) is 0 Å². The van der Waals surface area contributed by atoms with Crippen molar-refractivity contribution in [1.82, 2.24) is 15.2 Å². The molecule has 0 bridgehead atoms. The van der Waals surface area contributed by atoms with E-state index in [4.69, 9.17) is 5.73 Å². The Morgan fingerprint density at radius 2 is 2.00 bits per heavy atom. The van der Waals surface area contributed by atoms with Gasteiger partial charge in [0, 0.05) is 65.6 Å². The SMILES string of the molecule is [CH2-]/C(SC(=C\C)/C(C=NCCSF)=C/N)=C(\[CH2-])C(=O)Nc1cc(C(=O)NCCN2CCCC23CCC3)cnc1C.[CH3-].[K+]. The van der Waals surface area contributed by atoms with Crippen LogP contribution in [-0.4, -0.2) is 65.4 Å². The number of halogens is 1. The summed E-state index contributed by atoms with van der Waals surface area (Å²) in [6.45, 7) is 14.3. The van der Waals surface area contributed by atoms with E-state index in [2.05, 4.69) is 39.4 Å². The molecule has 1 saturated carbocycles. The van der Waals surface area contributed by atoms with Crippen LogP contribution in [0.1, 0.15) is 55.1 Å². The average Bonchev–Trinajstić information content (AvgIpc) is 3.37. The summed E-state index contributed by atoms with van der Waals surface area (Å²) in [7, 11) is 0. The number of aryl methyl sites for hydroxylation is 1. The maximum Gasteiger partial charge on any atom is 1.00 e. The Labute approximate surface area is 302 Å². The van der Waals surface area contributed by atoms with Crippen LogP contribution in [0.15, 0.2) is 50.5 Å². The Balaban J connectivity index is 0.00000441. The zero-order valence-electron chi connectivity index (χ0n) is 25.3. The number of allylic oxidation sites excluding steroid dienone is 3. The number of carbonyl (C=O) groups excluding carboxylic acids is 2. The van der Waals surface area contributed by atoms with Crippen LogP contribution in [0, 0.1) is 28.2 Å². The summed E-state index contributed by atoms with van der Waals surface area (Å²) in [4.78, 5) is 38.0. The summed E-state index contributed by atoms with van der Waals surface area (Å²) in [6.07, 6.45) is 12.6. The second-order valence-corrected chi connectivity index (χ2v) is 11.6. The van der Waals surface area contributed by atoms with E-state index in [1.54, 1.807) is 19.2 Å². The molecule has 42 heavy (non-hydrogen) atoms. The molecule has 2 aliphatic rings. The smallest absolute Gasteiger partial charge is 0.404 e. The van der Waals surface area contributed by atoms with Crippen molar-refractivity contribution < 1.29 is 64.9 Å². The number of amides is 2. The fourth-order valence-corrected chi connectivity index (χ4v) is 5.94. The van der Waals surface area contributed by atoms with Crippen LogP contribution in [0.25, 0.3) is 0 Å². The van der Waals surface area contributed by atoms with Gasteiger partial charge in [0.2, 0.25) is 0 Å². The zero-order chi connectivity index (χ0) is 29.1. The van der Waals surface area contributed by atoms with E-state index in [9.17, 15) is 13.5 Å². The quantitative estimate of drug-likeness (QED) is 0.0759. The summed E-state index contributed by atoms with van der Waals surface area (Å²) in [5.41, 5.74) is 8.29. The van der Waals surface area contributed by atoms with Crippen LogP contribution in [0.4, 0.5) is 9.57 Å². The number of likely N-dealkylation sites (tertiary alicyclic amines) is 1. The molecule has 1 saturated heterocycles. The van der Waals surface area contributed by atoms with Crippen LogP contribution < -0.4 is 67.8 Å². The number of carbonyl (C=O) groups is 2. The summed E-state index contributed by atoms with van der Waals surface area (Å²) in [5.74, 6) is -0.427. The number of thioether (sulfide) groups is 1. The van der Waals surface area contributed by atoms with Crippen LogP contribution in [0.5, 0.6) is 0 Å². The number of anilines is 1. The predicted molar refractivity (Wildman–Crippen MR) is 172 cm³/mol. The third-order valence-corrected chi connectivity index (χ3v) is 8.91. The third kappa shape index (κ3) is 10.4. The average molecular weight is 641 g/mol. The van der Waals surface area contributed by atoms with E-state index in [1.807, 2.05) is 13.0 Å². The first-order valence-electron chi connectivity index (χ1n) is 13.4. The van der Waals surface area contributed by atoms with E-state index < -0.39 is 5.91 Å². The molecule has 0 radical (unpaired) electrons. The molecular weight excluding hydrogens is 599 g/mol. The van der Waals surface area contributed by atoms with Gasteiger partial charge in [-0.15, -0.1) is 0 Å². The zero-order valence-corrected chi connectivity index (χ0v) is 30.1. The maximum absolute atomic E-state index is 13.0. The van der Waals surface area contributed by atoms with Gasteiger partial charge in [-0.3, -0.25) is 44.0 Å². The predicted octanol–water partition coefficient (Wildman–Crippen LogP) is 2.62. The Morgan fingerprint density at radius 1 is 1.29 bits per heavy atom. The van der Waals surface area contributed by atoms with Crippen molar-refractivity contribution in [1.29, 1.82) is 0 Å². The minimum Gasteiger partial charge on any atom is -0.404 e. The van der Waals surface area contributed by atoms with Crippen LogP contribution in [-0.2, 0) is 4.79 Å². The van der Waals surface area contributed by atoms with Crippen molar-refractivity contribution in [3.8, 4) is 0 Å². The number of nitrogens with one attached hydrogen (secondary N) is 2. The van der Waals surface area contributed by atoms with E-state index in [-0.39, 0.29) is 88.2 Å². The Hall–Kier alpha value is -1.25.